The normalized spacial score (nSPS) is 11.6. The summed E-state index contributed by atoms with van der Waals surface area (Å²) in [5.74, 6) is 0. The van der Waals surface area contributed by atoms with E-state index in [0.717, 1.165) is 72.2 Å². The average Bonchev–Trinajstić information content (AvgIpc) is 3.56. The largest absolute Gasteiger partial charge is 0.456 e. The molecule has 8 rings (SSSR count). The van der Waals surface area contributed by atoms with Gasteiger partial charge in [-0.05, 0) is 60.7 Å². The van der Waals surface area contributed by atoms with Crippen molar-refractivity contribution in [1.82, 2.24) is 4.98 Å². The van der Waals surface area contributed by atoms with Crippen molar-refractivity contribution in [3.63, 3.8) is 0 Å². The maximum Gasteiger partial charge on any atom is 0.137 e. The van der Waals surface area contributed by atoms with Crippen LogP contribution in [-0.2, 0) is 0 Å². The molecule has 4 heteroatoms. The van der Waals surface area contributed by atoms with Crippen molar-refractivity contribution in [1.29, 1.82) is 0 Å². The highest BCUT2D eigenvalue weighted by atomic mass is 16.3. The number of benzene rings is 5. The first-order valence-corrected chi connectivity index (χ1v) is 13.0. The molecule has 0 bridgehead atoms. The molecule has 39 heavy (non-hydrogen) atoms. The van der Waals surface area contributed by atoms with Crippen molar-refractivity contribution >= 4 is 60.9 Å². The van der Waals surface area contributed by atoms with Gasteiger partial charge in [0.05, 0.1) is 5.69 Å². The van der Waals surface area contributed by atoms with Gasteiger partial charge in [0.1, 0.15) is 22.3 Å². The van der Waals surface area contributed by atoms with Gasteiger partial charge in [-0.2, -0.15) is 0 Å². The van der Waals surface area contributed by atoms with E-state index in [1.807, 2.05) is 60.8 Å². The van der Waals surface area contributed by atoms with Crippen molar-refractivity contribution in [2.45, 2.75) is 0 Å². The van der Waals surface area contributed by atoms with E-state index in [4.69, 9.17) is 8.83 Å². The Morgan fingerprint density at radius 2 is 0.949 bits per heavy atom. The van der Waals surface area contributed by atoms with Crippen molar-refractivity contribution < 1.29 is 8.83 Å². The van der Waals surface area contributed by atoms with Crippen LogP contribution < -0.4 is 4.90 Å². The lowest BCUT2D eigenvalue weighted by molar-refractivity contribution is 0.669. The van der Waals surface area contributed by atoms with E-state index in [2.05, 4.69) is 82.7 Å². The molecule has 0 aliphatic heterocycles. The second-order valence-corrected chi connectivity index (χ2v) is 9.65. The number of nitrogens with zero attached hydrogens (tertiary/aromatic N) is 2. The molecule has 0 radical (unpaired) electrons. The lowest BCUT2D eigenvalue weighted by Crippen LogP contribution is -2.09. The number of rotatable bonds is 4. The molecule has 3 heterocycles. The molecular formula is C35H22N2O2. The van der Waals surface area contributed by atoms with E-state index >= 15 is 0 Å². The molecule has 4 nitrogen and oxygen atoms in total. The molecule has 8 aromatic rings. The van der Waals surface area contributed by atoms with E-state index in [0.29, 0.717) is 0 Å². The number of fused-ring (bicyclic) bond motifs is 6. The first kappa shape index (κ1) is 21.7. The average molecular weight is 503 g/mol. The van der Waals surface area contributed by atoms with Crippen LogP contribution >= 0.6 is 0 Å². The molecular weight excluding hydrogens is 480 g/mol. The number of hydrogen-bond donors (Lipinski definition) is 0. The number of hydrogen-bond acceptors (Lipinski definition) is 4. The summed E-state index contributed by atoms with van der Waals surface area (Å²) >= 11 is 0. The minimum atomic E-state index is 0.855. The van der Waals surface area contributed by atoms with Crippen LogP contribution in [0.2, 0.25) is 0 Å². The summed E-state index contributed by atoms with van der Waals surface area (Å²) in [6, 6.07) is 43.6. The van der Waals surface area contributed by atoms with E-state index in [1.165, 1.54) is 0 Å². The van der Waals surface area contributed by atoms with Crippen molar-refractivity contribution in [3.05, 3.63) is 134 Å². The fraction of sp³-hybridized carbons (Fsp3) is 0. The fourth-order valence-electron chi connectivity index (χ4n) is 5.47. The first-order chi connectivity index (χ1) is 19.3. The Labute approximate surface area is 224 Å². The summed E-state index contributed by atoms with van der Waals surface area (Å²) in [5, 5.41) is 4.45. The SMILES string of the molecule is c1ccc(-c2ccc(N(c3ccc4c(c3)oc3ccccc34)c3ccc4c(c3)oc3ccccc34)cc2)nc1. The zero-order chi connectivity index (χ0) is 25.8. The lowest BCUT2D eigenvalue weighted by atomic mass is 10.1. The molecule has 0 spiro atoms. The van der Waals surface area contributed by atoms with Crippen LogP contribution in [0, 0.1) is 0 Å². The summed E-state index contributed by atoms with van der Waals surface area (Å²) in [7, 11) is 0. The Morgan fingerprint density at radius 3 is 1.51 bits per heavy atom. The quantitative estimate of drug-likeness (QED) is 0.240. The number of furan rings is 2. The maximum atomic E-state index is 6.25. The van der Waals surface area contributed by atoms with Gasteiger partial charge in [-0.15, -0.1) is 0 Å². The monoisotopic (exact) mass is 502 g/mol. The second-order valence-electron chi connectivity index (χ2n) is 9.65. The molecule has 0 saturated heterocycles. The molecule has 5 aromatic carbocycles. The van der Waals surface area contributed by atoms with Gasteiger partial charge < -0.3 is 13.7 Å². The summed E-state index contributed by atoms with van der Waals surface area (Å²) in [4.78, 5) is 6.75. The molecule has 3 aromatic heterocycles. The van der Waals surface area contributed by atoms with Crippen molar-refractivity contribution in [3.8, 4) is 11.3 Å². The summed E-state index contributed by atoms with van der Waals surface area (Å²) in [6.45, 7) is 0. The van der Waals surface area contributed by atoms with Gasteiger partial charge in [-0.25, -0.2) is 0 Å². The number of pyridine rings is 1. The molecule has 0 amide bonds. The minimum absolute atomic E-state index is 0.855. The van der Waals surface area contributed by atoms with Crippen LogP contribution in [0.5, 0.6) is 0 Å². The molecule has 0 atom stereocenters. The Balaban J connectivity index is 1.31. The highest BCUT2D eigenvalue weighted by Gasteiger charge is 2.17. The third-order valence-electron chi connectivity index (χ3n) is 7.33. The van der Waals surface area contributed by atoms with E-state index in [9.17, 15) is 0 Å². The van der Waals surface area contributed by atoms with E-state index in [-0.39, 0.29) is 0 Å². The van der Waals surface area contributed by atoms with Crippen molar-refractivity contribution in [2.75, 3.05) is 4.90 Å². The van der Waals surface area contributed by atoms with Gasteiger partial charge in [0.2, 0.25) is 0 Å². The van der Waals surface area contributed by atoms with E-state index in [1.54, 1.807) is 0 Å². The zero-order valence-electron chi connectivity index (χ0n) is 20.9. The van der Waals surface area contributed by atoms with Crippen molar-refractivity contribution in [2.24, 2.45) is 0 Å². The highest BCUT2D eigenvalue weighted by Crippen LogP contribution is 2.41. The van der Waals surface area contributed by atoms with Gasteiger partial charge >= 0.3 is 0 Å². The lowest BCUT2D eigenvalue weighted by Gasteiger charge is -2.25. The predicted octanol–water partition coefficient (Wildman–Crippen LogP) is 10.0. The van der Waals surface area contributed by atoms with Crippen LogP contribution in [0.1, 0.15) is 0 Å². The molecule has 0 N–H and O–H groups in total. The molecule has 0 saturated carbocycles. The number of para-hydroxylation sites is 2. The molecule has 0 aliphatic rings. The molecule has 0 fully saturated rings. The highest BCUT2D eigenvalue weighted by molar-refractivity contribution is 6.07. The molecule has 0 aliphatic carbocycles. The standard InChI is InChI=1S/C35H22N2O2/c1-3-10-32-27(7-1)29-18-16-25(21-34(29)38-32)37(24-14-12-23(13-15-24)31-9-5-6-20-36-31)26-17-19-30-28-8-2-4-11-33(28)39-35(30)22-26/h1-22H. The molecule has 0 unspecified atom stereocenters. The zero-order valence-corrected chi connectivity index (χ0v) is 20.9. The Morgan fingerprint density at radius 1 is 0.436 bits per heavy atom. The predicted molar refractivity (Wildman–Crippen MR) is 159 cm³/mol. The summed E-state index contributed by atoms with van der Waals surface area (Å²) < 4.78 is 12.5. The van der Waals surface area contributed by atoms with Gasteiger partial charge in [0, 0.05) is 62.5 Å². The van der Waals surface area contributed by atoms with Gasteiger partial charge in [-0.1, -0.05) is 54.6 Å². The van der Waals surface area contributed by atoms with Crippen LogP contribution in [0.15, 0.2) is 142 Å². The topological polar surface area (TPSA) is 42.4 Å². The van der Waals surface area contributed by atoms with Crippen LogP contribution in [0.4, 0.5) is 17.1 Å². The third kappa shape index (κ3) is 3.57. The Bertz CT molecular complexity index is 2010. The van der Waals surface area contributed by atoms with Gasteiger partial charge in [-0.3, -0.25) is 4.98 Å². The summed E-state index contributed by atoms with van der Waals surface area (Å²) in [6.07, 6.45) is 1.82. The number of aromatic nitrogens is 1. The Hall–Kier alpha value is -5.35. The first-order valence-electron chi connectivity index (χ1n) is 13.0. The van der Waals surface area contributed by atoms with Crippen LogP contribution in [0.25, 0.3) is 55.1 Å². The maximum absolute atomic E-state index is 6.25. The fourth-order valence-corrected chi connectivity index (χ4v) is 5.47. The smallest absolute Gasteiger partial charge is 0.137 e. The minimum Gasteiger partial charge on any atom is -0.456 e. The van der Waals surface area contributed by atoms with E-state index < -0.39 is 0 Å². The van der Waals surface area contributed by atoms with Gasteiger partial charge in [0.25, 0.3) is 0 Å². The number of anilines is 3. The Kier molecular flexibility index (Phi) is 4.79. The third-order valence-corrected chi connectivity index (χ3v) is 7.33. The van der Waals surface area contributed by atoms with Gasteiger partial charge in [0.15, 0.2) is 0 Å². The van der Waals surface area contributed by atoms with Crippen LogP contribution in [0.3, 0.4) is 0 Å². The second kappa shape index (κ2) is 8.61. The van der Waals surface area contributed by atoms with Crippen LogP contribution in [-0.4, -0.2) is 4.98 Å². The molecule has 184 valence electrons. The summed E-state index contributed by atoms with van der Waals surface area (Å²) in [5.41, 5.74) is 8.54.